The van der Waals surface area contributed by atoms with Crippen molar-refractivity contribution in [1.29, 1.82) is 0 Å². The maximum atomic E-state index is 10.0. The molecule has 2 aromatic heterocycles. The first-order valence-electron chi connectivity index (χ1n) is 4.92. The average Bonchev–Trinajstić information content (AvgIpc) is 2.41. The van der Waals surface area contributed by atoms with Crippen LogP contribution in [0.25, 0.3) is 0 Å². The molecule has 0 aliphatic carbocycles. The largest absolute Gasteiger partial charge is 0.384 e. The lowest BCUT2D eigenvalue weighted by Gasteiger charge is -1.89. The van der Waals surface area contributed by atoms with Gasteiger partial charge in [0.15, 0.2) is 0 Å². The molecule has 2 N–H and O–H groups in total. The molecule has 0 unspecified atom stereocenters. The van der Waals surface area contributed by atoms with Crippen molar-refractivity contribution in [3.63, 3.8) is 0 Å². The summed E-state index contributed by atoms with van der Waals surface area (Å²) in [4.78, 5) is 25.9. The summed E-state index contributed by atoms with van der Waals surface area (Å²) in [6, 6.07) is 7.25. The van der Waals surface area contributed by atoms with Crippen molar-refractivity contribution < 1.29 is 9.85 Å². The van der Waals surface area contributed by atoms with Gasteiger partial charge in [-0.25, -0.2) is 4.98 Å². The number of nitro groups is 2. The molecule has 2 rings (SSSR count). The Morgan fingerprint density at radius 3 is 2.11 bits per heavy atom. The molecule has 2 aromatic rings. The van der Waals surface area contributed by atoms with E-state index < -0.39 is 9.85 Å². The second-order valence-corrected chi connectivity index (χ2v) is 3.14. The number of pyridine rings is 2. The van der Waals surface area contributed by atoms with Crippen LogP contribution in [-0.2, 0) is 0 Å². The van der Waals surface area contributed by atoms with Crippen LogP contribution in [0.5, 0.6) is 0 Å². The molecule has 19 heavy (non-hydrogen) atoms. The lowest BCUT2D eigenvalue weighted by molar-refractivity contribution is -0.389. The van der Waals surface area contributed by atoms with Crippen LogP contribution in [0.4, 0.5) is 17.3 Å². The van der Waals surface area contributed by atoms with E-state index in [1.807, 2.05) is 0 Å². The van der Waals surface area contributed by atoms with E-state index in [1.165, 1.54) is 24.4 Å². The summed E-state index contributed by atoms with van der Waals surface area (Å²) < 4.78 is 0. The van der Waals surface area contributed by atoms with E-state index in [2.05, 4.69) is 9.97 Å². The van der Waals surface area contributed by atoms with Gasteiger partial charge in [-0.3, -0.25) is 10.1 Å². The van der Waals surface area contributed by atoms with Crippen molar-refractivity contribution >= 4 is 17.3 Å². The smallest absolute Gasteiger partial charge is 0.363 e. The highest BCUT2D eigenvalue weighted by Crippen LogP contribution is 2.08. The van der Waals surface area contributed by atoms with E-state index in [0.717, 1.165) is 6.20 Å². The molecule has 0 radical (unpaired) electrons. The van der Waals surface area contributed by atoms with E-state index in [4.69, 9.17) is 5.73 Å². The van der Waals surface area contributed by atoms with Gasteiger partial charge in [-0.05, 0) is 22.0 Å². The Morgan fingerprint density at radius 2 is 1.74 bits per heavy atom. The summed E-state index contributed by atoms with van der Waals surface area (Å²) in [7, 11) is 0. The van der Waals surface area contributed by atoms with Gasteiger partial charge in [0.25, 0.3) is 5.69 Å². The SMILES string of the molecule is Nc1ccc([N+](=O)[O-])cn1.O=[N+]([O-])c1ccccn1. The number of nitrogens with two attached hydrogens (primary N) is 1. The van der Waals surface area contributed by atoms with Gasteiger partial charge in [0, 0.05) is 12.1 Å². The van der Waals surface area contributed by atoms with Crippen molar-refractivity contribution in [2.45, 2.75) is 0 Å². The first kappa shape index (κ1) is 14.0. The fourth-order valence-corrected chi connectivity index (χ4v) is 0.967. The number of hydrogen-bond donors (Lipinski definition) is 1. The molecule has 9 heteroatoms. The van der Waals surface area contributed by atoms with E-state index in [1.54, 1.807) is 12.1 Å². The molecule has 9 nitrogen and oxygen atoms in total. The fraction of sp³-hybridized carbons (Fsp3) is 0. The quantitative estimate of drug-likeness (QED) is 0.640. The zero-order valence-electron chi connectivity index (χ0n) is 9.54. The van der Waals surface area contributed by atoms with Gasteiger partial charge in [0.1, 0.15) is 18.2 Å². The van der Waals surface area contributed by atoms with Crippen molar-refractivity contribution in [3.8, 4) is 0 Å². The maximum Gasteiger partial charge on any atom is 0.363 e. The highest BCUT2D eigenvalue weighted by Gasteiger charge is 2.02. The van der Waals surface area contributed by atoms with Crippen LogP contribution in [0.1, 0.15) is 0 Å². The molecule has 0 aliphatic rings. The van der Waals surface area contributed by atoms with E-state index >= 15 is 0 Å². The Hall–Kier alpha value is -3.10. The summed E-state index contributed by atoms with van der Waals surface area (Å²) in [6.45, 7) is 0. The van der Waals surface area contributed by atoms with Gasteiger partial charge in [0.05, 0.1) is 4.92 Å². The third-order valence-corrected chi connectivity index (χ3v) is 1.82. The Labute approximate surface area is 107 Å². The molecule has 0 aliphatic heterocycles. The van der Waals surface area contributed by atoms with Crippen molar-refractivity contribution in [2.24, 2.45) is 0 Å². The van der Waals surface area contributed by atoms with Gasteiger partial charge < -0.3 is 15.8 Å². The van der Waals surface area contributed by atoms with Crippen LogP contribution < -0.4 is 5.73 Å². The standard InChI is InChI=1S/C5H5N3O2.C5H4N2O2/c6-5-2-1-4(3-7-5)8(9)10;8-7(9)5-3-1-2-4-6-5/h1-3H,(H2,6,7);1-4H. The second-order valence-electron chi connectivity index (χ2n) is 3.14. The monoisotopic (exact) mass is 263 g/mol. The molecule has 98 valence electrons. The van der Waals surface area contributed by atoms with Crippen molar-refractivity contribution in [2.75, 3.05) is 5.73 Å². The number of anilines is 1. The Balaban J connectivity index is 0.000000191. The number of nitrogens with zero attached hydrogens (tertiary/aromatic N) is 4. The van der Waals surface area contributed by atoms with Crippen molar-refractivity contribution in [3.05, 3.63) is 63.0 Å². The van der Waals surface area contributed by atoms with E-state index in [9.17, 15) is 20.2 Å². The van der Waals surface area contributed by atoms with Crippen LogP contribution in [0, 0.1) is 20.2 Å². The Morgan fingerprint density at radius 1 is 1.00 bits per heavy atom. The molecule has 0 saturated carbocycles. The fourth-order valence-electron chi connectivity index (χ4n) is 0.967. The molecule has 0 atom stereocenters. The topological polar surface area (TPSA) is 138 Å². The minimum Gasteiger partial charge on any atom is -0.384 e. The van der Waals surface area contributed by atoms with Gasteiger partial charge >= 0.3 is 5.82 Å². The van der Waals surface area contributed by atoms with Gasteiger partial charge in [-0.15, -0.1) is 0 Å². The predicted molar refractivity (Wildman–Crippen MR) is 66.2 cm³/mol. The lowest BCUT2D eigenvalue weighted by atomic mass is 10.4. The maximum absolute atomic E-state index is 10.0. The normalized spacial score (nSPS) is 9.05. The highest BCUT2D eigenvalue weighted by molar-refractivity contribution is 5.35. The molecule has 0 saturated heterocycles. The van der Waals surface area contributed by atoms with E-state index in [-0.39, 0.29) is 17.3 Å². The van der Waals surface area contributed by atoms with Gasteiger partial charge in [-0.2, -0.15) is 0 Å². The van der Waals surface area contributed by atoms with E-state index in [0.29, 0.717) is 0 Å². The van der Waals surface area contributed by atoms with Crippen molar-refractivity contribution in [1.82, 2.24) is 9.97 Å². The predicted octanol–water partition coefficient (Wildman–Crippen LogP) is 1.56. The first-order valence-corrected chi connectivity index (χ1v) is 4.92. The third-order valence-electron chi connectivity index (χ3n) is 1.82. The van der Waals surface area contributed by atoms with Crippen LogP contribution in [0.3, 0.4) is 0 Å². The third kappa shape index (κ3) is 4.73. The number of rotatable bonds is 2. The lowest BCUT2D eigenvalue weighted by Crippen LogP contribution is -1.92. The number of hydrogen-bond acceptors (Lipinski definition) is 7. The van der Waals surface area contributed by atoms with Crippen LogP contribution in [-0.4, -0.2) is 19.8 Å². The molecule has 0 bridgehead atoms. The summed E-state index contributed by atoms with van der Waals surface area (Å²) >= 11 is 0. The molecule has 0 amide bonds. The Kier molecular flexibility index (Phi) is 4.84. The molecule has 0 spiro atoms. The minimum atomic E-state index is -0.528. The number of aromatic nitrogens is 2. The molecular weight excluding hydrogens is 254 g/mol. The summed E-state index contributed by atoms with van der Waals surface area (Å²) in [5.74, 6) is 0.170. The molecule has 0 aromatic carbocycles. The van der Waals surface area contributed by atoms with Gasteiger partial charge in [0.2, 0.25) is 0 Å². The second kappa shape index (κ2) is 6.59. The Bertz CT molecular complexity index is 558. The van der Waals surface area contributed by atoms with Crippen LogP contribution in [0.15, 0.2) is 42.7 Å². The highest BCUT2D eigenvalue weighted by atomic mass is 16.6. The number of nitrogen functional groups attached to an aromatic ring is 1. The first-order chi connectivity index (χ1) is 9.00. The zero-order valence-corrected chi connectivity index (χ0v) is 9.54. The molecule has 2 heterocycles. The minimum absolute atomic E-state index is 0.0470. The van der Waals surface area contributed by atoms with Crippen LogP contribution >= 0.6 is 0 Å². The van der Waals surface area contributed by atoms with Gasteiger partial charge in [-0.1, -0.05) is 6.07 Å². The average molecular weight is 263 g/mol. The molecule has 0 fully saturated rings. The zero-order chi connectivity index (χ0) is 14.3. The molecular formula is C10H9N5O4. The summed E-state index contributed by atoms with van der Waals surface area (Å²) in [6.07, 6.45) is 2.51. The summed E-state index contributed by atoms with van der Waals surface area (Å²) in [5.41, 5.74) is 5.15. The summed E-state index contributed by atoms with van der Waals surface area (Å²) in [5, 5.41) is 20.0. The van der Waals surface area contributed by atoms with Crippen LogP contribution in [0.2, 0.25) is 0 Å².